The normalized spacial score (nSPS) is 14.6. The largest absolute Gasteiger partial charge is 0.370 e. The first kappa shape index (κ1) is 22.5. The molecule has 2 aromatic carbocycles. The highest BCUT2D eigenvalue weighted by molar-refractivity contribution is 6.06. The Hall–Kier alpha value is -4.72. The van der Waals surface area contributed by atoms with E-state index in [9.17, 15) is 19.2 Å². The molecule has 1 aliphatic heterocycles. The second-order valence-electron chi connectivity index (χ2n) is 7.84. The molecular formula is C23H21N7O4. The molecular weight excluding hydrogens is 438 g/mol. The van der Waals surface area contributed by atoms with Crippen LogP contribution in [0.4, 0.5) is 11.6 Å². The third-order valence-corrected chi connectivity index (χ3v) is 5.56. The zero-order chi connectivity index (χ0) is 24.4. The molecule has 1 saturated heterocycles. The summed E-state index contributed by atoms with van der Waals surface area (Å²) in [6, 6.07) is 12.7. The van der Waals surface area contributed by atoms with Crippen molar-refractivity contribution in [2.75, 3.05) is 17.3 Å². The van der Waals surface area contributed by atoms with Crippen molar-refractivity contribution >= 4 is 46.3 Å². The van der Waals surface area contributed by atoms with Crippen molar-refractivity contribution in [3.05, 3.63) is 53.6 Å². The van der Waals surface area contributed by atoms with E-state index in [1.54, 1.807) is 29.8 Å². The molecule has 0 bridgehead atoms. The van der Waals surface area contributed by atoms with Gasteiger partial charge in [-0.05, 0) is 42.5 Å². The number of nitrogens with two attached hydrogens (primary N) is 1. The topological polar surface area (TPSA) is 163 Å². The van der Waals surface area contributed by atoms with Crippen LogP contribution in [0, 0.1) is 11.3 Å². The Balaban J connectivity index is 1.64. The minimum atomic E-state index is -0.552. The Morgan fingerprint density at radius 2 is 1.97 bits per heavy atom. The van der Waals surface area contributed by atoms with Gasteiger partial charge in [-0.3, -0.25) is 24.5 Å². The highest BCUT2D eigenvalue weighted by Gasteiger charge is 2.34. The van der Waals surface area contributed by atoms with Gasteiger partial charge in [-0.2, -0.15) is 5.26 Å². The van der Waals surface area contributed by atoms with Crippen LogP contribution in [0.5, 0.6) is 0 Å². The number of carbonyl (C=O) groups is 4. The van der Waals surface area contributed by atoms with Gasteiger partial charge in [0.1, 0.15) is 6.04 Å². The summed E-state index contributed by atoms with van der Waals surface area (Å²) in [5, 5.41) is 14.2. The lowest BCUT2D eigenvalue weighted by Gasteiger charge is -2.30. The highest BCUT2D eigenvalue weighted by atomic mass is 16.2. The molecule has 11 heteroatoms. The fraction of sp³-hybridized carbons (Fsp3) is 0.217. The average molecular weight is 459 g/mol. The highest BCUT2D eigenvalue weighted by Crippen LogP contribution is 2.26. The fourth-order valence-electron chi connectivity index (χ4n) is 3.61. The van der Waals surface area contributed by atoms with Crippen molar-refractivity contribution in [3.63, 3.8) is 0 Å². The molecule has 0 aliphatic carbocycles. The Labute approximate surface area is 194 Å². The molecule has 4 amide bonds. The van der Waals surface area contributed by atoms with E-state index >= 15 is 0 Å². The number of aryl methyl sites for hydroxylation is 1. The number of carbonyl (C=O) groups excluding carboxylic acids is 4. The lowest BCUT2D eigenvalue weighted by Crippen LogP contribution is -2.57. The summed E-state index contributed by atoms with van der Waals surface area (Å²) in [5.41, 5.74) is 7.77. The maximum atomic E-state index is 12.8. The minimum absolute atomic E-state index is 0.0344. The van der Waals surface area contributed by atoms with Gasteiger partial charge in [0.25, 0.3) is 5.91 Å². The van der Waals surface area contributed by atoms with Crippen molar-refractivity contribution in [2.24, 2.45) is 5.73 Å². The van der Waals surface area contributed by atoms with Crippen LogP contribution in [0.3, 0.4) is 0 Å². The maximum Gasteiger partial charge on any atom is 0.257 e. The molecule has 0 radical (unpaired) electrons. The minimum Gasteiger partial charge on any atom is -0.370 e. The van der Waals surface area contributed by atoms with E-state index in [0.717, 1.165) is 0 Å². The van der Waals surface area contributed by atoms with Crippen LogP contribution < -0.4 is 21.3 Å². The van der Waals surface area contributed by atoms with Gasteiger partial charge in [0.15, 0.2) is 0 Å². The van der Waals surface area contributed by atoms with E-state index in [0.29, 0.717) is 27.8 Å². The quantitative estimate of drug-likeness (QED) is 0.444. The number of fused-ring (bicyclic) bond motifs is 1. The zero-order valence-electron chi connectivity index (χ0n) is 18.2. The molecule has 1 atom stereocenters. The molecule has 34 heavy (non-hydrogen) atoms. The number of anilines is 2. The Morgan fingerprint density at radius 1 is 1.26 bits per heavy atom. The van der Waals surface area contributed by atoms with Crippen LogP contribution in [0.1, 0.15) is 28.8 Å². The van der Waals surface area contributed by atoms with Gasteiger partial charge in [-0.1, -0.05) is 0 Å². The van der Waals surface area contributed by atoms with E-state index in [1.807, 2.05) is 6.07 Å². The molecule has 0 saturated carbocycles. The first-order valence-corrected chi connectivity index (χ1v) is 10.4. The number of nitrogens with zero attached hydrogens (tertiary/aromatic N) is 4. The second-order valence-corrected chi connectivity index (χ2v) is 7.84. The Kier molecular flexibility index (Phi) is 5.97. The molecule has 3 aromatic rings. The van der Waals surface area contributed by atoms with Crippen molar-refractivity contribution < 1.29 is 19.2 Å². The van der Waals surface area contributed by atoms with Crippen LogP contribution in [0.25, 0.3) is 11.0 Å². The summed E-state index contributed by atoms with van der Waals surface area (Å²) in [6.45, 7) is 0.192. The number of amides is 4. The summed E-state index contributed by atoms with van der Waals surface area (Å²) in [5.74, 6) is -1.15. The summed E-state index contributed by atoms with van der Waals surface area (Å²) in [7, 11) is 1.60. The Morgan fingerprint density at radius 3 is 2.59 bits per heavy atom. The van der Waals surface area contributed by atoms with Crippen molar-refractivity contribution in [1.29, 1.82) is 5.26 Å². The molecule has 0 spiro atoms. The average Bonchev–Trinajstić information content (AvgIpc) is 3.15. The number of nitrogens with one attached hydrogen (secondary N) is 2. The number of imidazole rings is 1. The molecule has 4 rings (SSSR count). The van der Waals surface area contributed by atoms with Crippen LogP contribution >= 0.6 is 0 Å². The maximum absolute atomic E-state index is 12.8. The predicted octanol–water partition coefficient (Wildman–Crippen LogP) is 0.887. The number of hydrogen-bond acceptors (Lipinski definition) is 6. The number of likely N-dealkylation sites (N-methyl/N-ethyl adjacent to an activating group) is 1. The van der Waals surface area contributed by atoms with Crippen molar-refractivity contribution in [1.82, 2.24) is 14.9 Å². The Bertz CT molecular complexity index is 1350. The van der Waals surface area contributed by atoms with Crippen LogP contribution in [0.2, 0.25) is 0 Å². The van der Waals surface area contributed by atoms with Gasteiger partial charge in [0, 0.05) is 31.3 Å². The summed E-state index contributed by atoms with van der Waals surface area (Å²) in [4.78, 5) is 53.8. The molecule has 11 nitrogen and oxygen atoms in total. The zero-order valence-corrected chi connectivity index (χ0v) is 18.2. The molecule has 2 heterocycles. The number of primary amides is 1. The van der Waals surface area contributed by atoms with Gasteiger partial charge in [0.05, 0.1) is 29.1 Å². The van der Waals surface area contributed by atoms with Crippen LogP contribution in [-0.4, -0.2) is 46.3 Å². The van der Waals surface area contributed by atoms with Crippen LogP contribution in [-0.2, 0) is 20.9 Å². The summed E-state index contributed by atoms with van der Waals surface area (Å²) < 4.78 is 1.67. The van der Waals surface area contributed by atoms with E-state index in [2.05, 4.69) is 15.6 Å². The van der Waals surface area contributed by atoms with Gasteiger partial charge < -0.3 is 20.5 Å². The van der Waals surface area contributed by atoms with Crippen molar-refractivity contribution in [3.8, 4) is 6.07 Å². The number of benzene rings is 2. The fourth-order valence-corrected chi connectivity index (χ4v) is 3.61. The monoisotopic (exact) mass is 459 g/mol. The lowest BCUT2D eigenvalue weighted by molar-refractivity contribution is -0.135. The SMILES string of the molecule is CN(C(=O)C1CC(=O)N1)c1ccc2c(c1)nc(NC(=O)c1ccc(C#N)cc1)n2CCC(N)=O. The summed E-state index contributed by atoms with van der Waals surface area (Å²) in [6.07, 6.45) is 0.186. The first-order valence-electron chi connectivity index (χ1n) is 10.4. The molecule has 4 N–H and O–H groups in total. The molecule has 1 fully saturated rings. The third-order valence-electron chi connectivity index (χ3n) is 5.56. The molecule has 172 valence electrons. The lowest BCUT2D eigenvalue weighted by atomic mass is 10.0. The summed E-state index contributed by atoms with van der Waals surface area (Å²) >= 11 is 0. The van der Waals surface area contributed by atoms with Gasteiger partial charge >= 0.3 is 0 Å². The smallest absolute Gasteiger partial charge is 0.257 e. The predicted molar refractivity (Wildman–Crippen MR) is 123 cm³/mol. The standard InChI is InChI=1S/C23H21N7O4/c1-29(22(34)17-11-20(32)26-17)15-6-7-18-16(10-15)27-23(30(18)9-8-19(25)31)28-21(33)14-4-2-13(12-24)3-5-14/h2-7,10,17H,8-9,11H2,1H3,(H2,25,31)(H,26,32)(H,27,28,33). The molecule has 1 aliphatic rings. The number of β-lactam (4-membered cyclic amide) rings is 1. The number of hydrogen-bond donors (Lipinski definition) is 3. The van der Waals surface area contributed by atoms with E-state index in [1.165, 1.54) is 29.2 Å². The molecule has 1 unspecified atom stereocenters. The van der Waals surface area contributed by atoms with Crippen molar-refractivity contribution in [2.45, 2.75) is 25.4 Å². The van der Waals surface area contributed by atoms with Gasteiger partial charge in [-0.25, -0.2) is 4.98 Å². The molecule has 1 aromatic heterocycles. The number of nitriles is 1. The third kappa shape index (κ3) is 4.42. The van der Waals surface area contributed by atoms with E-state index in [4.69, 9.17) is 11.0 Å². The van der Waals surface area contributed by atoms with E-state index < -0.39 is 17.9 Å². The number of aromatic nitrogens is 2. The number of rotatable bonds is 7. The first-order chi connectivity index (χ1) is 16.3. The van der Waals surface area contributed by atoms with Gasteiger partial charge in [-0.15, -0.1) is 0 Å². The van der Waals surface area contributed by atoms with E-state index in [-0.39, 0.29) is 37.1 Å². The second kappa shape index (κ2) is 9.03. The van der Waals surface area contributed by atoms with Gasteiger partial charge in [0.2, 0.25) is 23.7 Å². The van der Waals surface area contributed by atoms with Crippen LogP contribution in [0.15, 0.2) is 42.5 Å².